The van der Waals surface area contributed by atoms with Crippen LogP contribution in [0.5, 0.6) is 0 Å². The Bertz CT molecular complexity index is 349. The van der Waals surface area contributed by atoms with E-state index in [1.165, 1.54) is 5.69 Å². The van der Waals surface area contributed by atoms with Crippen LogP contribution in [0.4, 0.5) is 5.69 Å². The lowest BCUT2D eigenvalue weighted by molar-refractivity contribution is 0.215. The van der Waals surface area contributed by atoms with E-state index in [-0.39, 0.29) is 5.41 Å². The molecule has 2 nitrogen and oxygen atoms in total. The highest BCUT2D eigenvalue weighted by molar-refractivity contribution is 9.10. The van der Waals surface area contributed by atoms with E-state index in [0.717, 1.165) is 23.9 Å². The smallest absolute Gasteiger partial charge is 0.0508 e. The van der Waals surface area contributed by atoms with E-state index in [1.807, 2.05) is 18.2 Å². The fraction of sp³-hybridized carbons (Fsp3) is 0.500. The molecule has 1 saturated carbocycles. The van der Waals surface area contributed by atoms with Gasteiger partial charge >= 0.3 is 0 Å². The minimum absolute atomic E-state index is 0.171. The molecule has 1 N–H and O–H groups in total. The fourth-order valence-corrected chi connectivity index (χ4v) is 2.48. The Morgan fingerprint density at radius 2 is 2.07 bits per heavy atom. The van der Waals surface area contributed by atoms with Gasteiger partial charge in [-0.15, -0.1) is 0 Å². The topological polar surface area (TPSA) is 23.5 Å². The summed E-state index contributed by atoms with van der Waals surface area (Å²) in [7, 11) is 2.08. The normalized spacial score (nSPS) is 17.5. The zero-order valence-corrected chi connectivity index (χ0v) is 10.5. The summed E-state index contributed by atoms with van der Waals surface area (Å²) in [5.41, 5.74) is 1.36. The summed E-state index contributed by atoms with van der Waals surface area (Å²) >= 11 is 3.54. The number of hydrogen-bond donors (Lipinski definition) is 1. The summed E-state index contributed by atoms with van der Waals surface area (Å²) in [5.74, 6) is 0. The van der Waals surface area contributed by atoms with Crippen LogP contribution in [-0.2, 0) is 0 Å². The molecule has 0 atom stereocenters. The van der Waals surface area contributed by atoms with E-state index in [2.05, 4.69) is 33.9 Å². The van der Waals surface area contributed by atoms with Crippen molar-refractivity contribution in [2.75, 3.05) is 25.1 Å². The number of para-hydroxylation sites is 1. The van der Waals surface area contributed by atoms with Crippen LogP contribution in [0.1, 0.15) is 12.8 Å². The second kappa shape index (κ2) is 4.14. The van der Waals surface area contributed by atoms with Gasteiger partial charge in [0, 0.05) is 23.5 Å². The van der Waals surface area contributed by atoms with Crippen LogP contribution < -0.4 is 4.90 Å². The van der Waals surface area contributed by atoms with Crippen LogP contribution in [-0.4, -0.2) is 25.3 Å². The van der Waals surface area contributed by atoms with Gasteiger partial charge in [-0.1, -0.05) is 12.1 Å². The predicted octanol–water partition coefficient (Wildman–Crippen LogP) is 2.66. The minimum Gasteiger partial charge on any atom is -0.396 e. The van der Waals surface area contributed by atoms with Crippen molar-refractivity contribution >= 4 is 21.6 Å². The van der Waals surface area contributed by atoms with Crippen molar-refractivity contribution in [2.45, 2.75) is 12.8 Å². The van der Waals surface area contributed by atoms with E-state index >= 15 is 0 Å². The number of nitrogens with zero attached hydrogens (tertiary/aromatic N) is 1. The Morgan fingerprint density at radius 1 is 1.40 bits per heavy atom. The van der Waals surface area contributed by atoms with Crippen LogP contribution in [0.15, 0.2) is 28.7 Å². The molecule has 0 aromatic heterocycles. The Balaban J connectivity index is 2.08. The van der Waals surface area contributed by atoms with Gasteiger partial charge in [-0.05, 0) is 40.9 Å². The number of aliphatic hydroxyl groups excluding tert-OH is 1. The Kier molecular flexibility index (Phi) is 3.03. The van der Waals surface area contributed by atoms with E-state index in [1.54, 1.807) is 0 Å². The van der Waals surface area contributed by atoms with Gasteiger partial charge in [0.1, 0.15) is 0 Å². The summed E-state index contributed by atoms with van der Waals surface area (Å²) in [6.45, 7) is 1.24. The highest BCUT2D eigenvalue weighted by Gasteiger charge is 2.42. The monoisotopic (exact) mass is 269 g/mol. The Morgan fingerprint density at radius 3 is 2.60 bits per heavy atom. The minimum atomic E-state index is 0.171. The third-order valence-corrected chi connectivity index (χ3v) is 3.80. The first kappa shape index (κ1) is 11.0. The van der Waals surface area contributed by atoms with E-state index in [0.29, 0.717) is 6.61 Å². The van der Waals surface area contributed by atoms with Crippen LogP contribution in [0.2, 0.25) is 0 Å². The molecule has 1 aromatic carbocycles. The van der Waals surface area contributed by atoms with Gasteiger partial charge in [-0.2, -0.15) is 0 Å². The molecule has 1 aromatic rings. The molecule has 82 valence electrons. The fourth-order valence-electron chi connectivity index (χ4n) is 1.89. The molecule has 2 rings (SSSR count). The number of hydrogen-bond acceptors (Lipinski definition) is 2. The zero-order valence-electron chi connectivity index (χ0n) is 8.91. The predicted molar refractivity (Wildman–Crippen MR) is 66.2 cm³/mol. The van der Waals surface area contributed by atoms with Crippen molar-refractivity contribution in [2.24, 2.45) is 5.41 Å². The molecule has 15 heavy (non-hydrogen) atoms. The lowest BCUT2D eigenvalue weighted by Crippen LogP contribution is -2.28. The third kappa shape index (κ3) is 2.34. The number of benzene rings is 1. The average Bonchev–Trinajstić information content (AvgIpc) is 2.99. The first-order valence-corrected chi connectivity index (χ1v) is 6.03. The Hall–Kier alpha value is -0.540. The summed E-state index contributed by atoms with van der Waals surface area (Å²) in [5, 5.41) is 9.28. The first-order valence-electron chi connectivity index (χ1n) is 5.23. The van der Waals surface area contributed by atoms with Crippen LogP contribution in [0, 0.1) is 5.41 Å². The van der Waals surface area contributed by atoms with Gasteiger partial charge in [0.15, 0.2) is 0 Å². The van der Waals surface area contributed by atoms with Crippen molar-refractivity contribution in [1.82, 2.24) is 0 Å². The number of halogens is 1. The van der Waals surface area contributed by atoms with Crippen LogP contribution in [0.3, 0.4) is 0 Å². The maximum absolute atomic E-state index is 9.28. The largest absolute Gasteiger partial charge is 0.396 e. The zero-order chi connectivity index (χ0) is 10.9. The lowest BCUT2D eigenvalue weighted by atomic mass is 10.1. The van der Waals surface area contributed by atoms with Gasteiger partial charge in [0.25, 0.3) is 0 Å². The molecule has 0 spiro atoms. The number of anilines is 1. The summed E-state index contributed by atoms with van der Waals surface area (Å²) in [4.78, 5) is 2.22. The third-order valence-electron chi connectivity index (χ3n) is 3.13. The molecule has 0 aliphatic heterocycles. The van der Waals surface area contributed by atoms with Gasteiger partial charge in [0.2, 0.25) is 0 Å². The van der Waals surface area contributed by atoms with Crippen molar-refractivity contribution in [3.05, 3.63) is 28.7 Å². The molecule has 1 aliphatic carbocycles. The van der Waals surface area contributed by atoms with Gasteiger partial charge in [-0.25, -0.2) is 0 Å². The molecule has 0 bridgehead atoms. The van der Waals surface area contributed by atoms with Crippen molar-refractivity contribution in [3.63, 3.8) is 0 Å². The van der Waals surface area contributed by atoms with Gasteiger partial charge < -0.3 is 10.0 Å². The molecule has 0 radical (unpaired) electrons. The molecule has 3 heteroatoms. The lowest BCUT2D eigenvalue weighted by Gasteiger charge is -2.25. The number of rotatable bonds is 4. The van der Waals surface area contributed by atoms with Crippen molar-refractivity contribution < 1.29 is 5.11 Å². The van der Waals surface area contributed by atoms with Crippen molar-refractivity contribution in [1.29, 1.82) is 0 Å². The first-order chi connectivity index (χ1) is 7.17. The second-order valence-electron chi connectivity index (χ2n) is 4.47. The molecule has 0 saturated heterocycles. The Labute approximate surface area is 99.0 Å². The second-order valence-corrected chi connectivity index (χ2v) is 5.32. The maximum Gasteiger partial charge on any atom is 0.0508 e. The van der Waals surface area contributed by atoms with Gasteiger partial charge in [0.05, 0.1) is 12.3 Å². The maximum atomic E-state index is 9.28. The molecular weight excluding hydrogens is 254 g/mol. The SMILES string of the molecule is CN(CC1(CO)CC1)c1ccccc1Br. The molecule has 1 aliphatic rings. The molecular formula is C12H16BrNO. The van der Waals surface area contributed by atoms with Crippen LogP contribution in [0.25, 0.3) is 0 Å². The quantitative estimate of drug-likeness (QED) is 0.909. The molecule has 0 unspecified atom stereocenters. The summed E-state index contributed by atoms with van der Waals surface area (Å²) < 4.78 is 1.11. The van der Waals surface area contributed by atoms with E-state index in [4.69, 9.17) is 0 Å². The van der Waals surface area contributed by atoms with Gasteiger partial charge in [-0.3, -0.25) is 0 Å². The molecule has 0 amide bonds. The number of aliphatic hydroxyl groups is 1. The standard InChI is InChI=1S/C12H16BrNO/c1-14(8-12(9-15)6-7-12)11-5-3-2-4-10(11)13/h2-5,15H,6-9H2,1H3. The summed E-state index contributed by atoms with van der Waals surface area (Å²) in [6, 6.07) is 8.19. The van der Waals surface area contributed by atoms with Crippen LogP contribution >= 0.6 is 15.9 Å². The summed E-state index contributed by atoms with van der Waals surface area (Å²) in [6.07, 6.45) is 2.30. The van der Waals surface area contributed by atoms with E-state index in [9.17, 15) is 5.11 Å². The highest BCUT2D eigenvalue weighted by Crippen LogP contribution is 2.46. The molecule has 0 heterocycles. The average molecular weight is 270 g/mol. The highest BCUT2D eigenvalue weighted by atomic mass is 79.9. The van der Waals surface area contributed by atoms with E-state index < -0.39 is 0 Å². The van der Waals surface area contributed by atoms with Crippen molar-refractivity contribution in [3.8, 4) is 0 Å². The molecule has 1 fully saturated rings.